The van der Waals surface area contributed by atoms with Crippen molar-refractivity contribution < 1.29 is 193 Å². The average Bonchev–Trinajstić information content (AvgIpc) is 0.794. The Morgan fingerprint density at radius 3 is 1.45 bits per heavy atom. The molecule has 0 fully saturated rings. The predicted molar refractivity (Wildman–Crippen MR) is 370 cm³/mol. The van der Waals surface area contributed by atoms with Gasteiger partial charge in [0.2, 0.25) is 11.9 Å². The Morgan fingerprint density at radius 2 is 0.964 bits per heavy atom. The van der Waals surface area contributed by atoms with Crippen LogP contribution in [0, 0.1) is 12.0 Å². The molecular weight excluding hydrogens is 1680 g/mol. The first-order valence-electron chi connectivity index (χ1n) is 28.6. The molecule has 7 rings (SSSR count). The minimum Gasteiger partial charge on any atom is -0.870 e. The van der Waals surface area contributed by atoms with Gasteiger partial charge >= 0.3 is 92.0 Å². The number of amides is 3. The maximum atomic E-state index is 13.4. The Bertz CT molecular complexity index is 5620. The van der Waals surface area contributed by atoms with Crippen molar-refractivity contribution in [2.45, 2.75) is 55.6 Å². The minimum absolute atomic E-state index is 0. The molecule has 0 unspecified atom stereocenters. The van der Waals surface area contributed by atoms with E-state index < -0.39 is 167 Å². The summed E-state index contributed by atoms with van der Waals surface area (Å²) < 4.78 is 285. The molecule has 0 saturated heterocycles. The summed E-state index contributed by atoms with van der Waals surface area (Å²) in [6, 6.07) is 21.2. The van der Waals surface area contributed by atoms with E-state index in [4.69, 9.17) is 32.0 Å². The number of nitrogens with zero attached hydrogens (tertiary/aromatic N) is 8. The predicted octanol–water partition coefficient (Wildman–Crippen LogP) is -0.453. The van der Waals surface area contributed by atoms with Crippen molar-refractivity contribution in [2.24, 2.45) is 36.4 Å². The van der Waals surface area contributed by atoms with Crippen LogP contribution in [0.5, 0.6) is 0 Å². The fourth-order valence-electron chi connectivity index (χ4n) is 8.14. The molecule has 1 heterocycles. The molecule has 6 aromatic carbocycles. The van der Waals surface area contributed by atoms with Crippen LogP contribution in [0.2, 0.25) is 0 Å². The molecule has 7 aromatic rings. The molecule has 13 N–H and O–H groups in total. The molecule has 0 saturated carbocycles. The van der Waals surface area contributed by atoms with Gasteiger partial charge in [-0.3, -0.25) is 22.3 Å². The Balaban J connectivity index is 0.000000563. The number of sulfone groups is 3. The van der Waals surface area contributed by atoms with Crippen molar-refractivity contribution in [3.05, 3.63) is 139 Å². The number of carbonyl (C=O) groups excluding carboxylic acids is 2. The summed E-state index contributed by atoms with van der Waals surface area (Å²) in [7, 11) is -35.8. The molecule has 0 aliphatic heterocycles. The summed E-state index contributed by atoms with van der Waals surface area (Å²) in [5, 5.41) is 28.0. The van der Waals surface area contributed by atoms with Crippen LogP contribution in [0.4, 0.5) is 76.1 Å². The summed E-state index contributed by atoms with van der Waals surface area (Å²) in [5.74, 6) is -3.21. The van der Waals surface area contributed by atoms with Gasteiger partial charge in [-0.15, -0.1) is 20.5 Å². The molecule has 0 bridgehead atoms. The third-order valence-electron chi connectivity index (χ3n) is 12.9. The minimum atomic E-state index is -4.84. The number of azo groups is 3. The maximum Gasteiger partial charge on any atom is 1.00 e. The number of aromatic nitrogens is 2. The first kappa shape index (κ1) is 98.5. The van der Waals surface area contributed by atoms with Crippen LogP contribution in [-0.2, 0) is 132 Å². The van der Waals surface area contributed by atoms with Gasteiger partial charge in [0.1, 0.15) is 42.7 Å². The summed E-state index contributed by atoms with van der Waals surface area (Å²) in [6.07, 6.45) is -1.90. The summed E-state index contributed by atoms with van der Waals surface area (Å²) in [6.45, 7) is -0.462. The van der Waals surface area contributed by atoms with E-state index in [1.165, 1.54) is 79.7 Å². The molecule has 0 atom stereocenters. The van der Waals surface area contributed by atoms with E-state index in [-0.39, 0.29) is 167 Å². The van der Waals surface area contributed by atoms with Crippen LogP contribution in [0.3, 0.4) is 0 Å². The fourth-order valence-corrected chi connectivity index (χ4v) is 15.1. The first-order valence-corrected chi connectivity index (χ1v) is 41.5. The number of carbonyl (C=O) groups is 2. The number of primary amides is 1. The number of hydrogen-bond acceptors (Lipinski definition) is 39. The van der Waals surface area contributed by atoms with E-state index in [1.54, 1.807) is 0 Å². The number of urea groups is 1. The van der Waals surface area contributed by atoms with E-state index in [9.17, 15) is 98.7 Å². The van der Waals surface area contributed by atoms with E-state index >= 15 is 0 Å². The van der Waals surface area contributed by atoms with Gasteiger partial charge in [-0.1, -0.05) is 6.07 Å². The molecule has 1 aromatic heterocycles. The number of anilines is 5. The fraction of sp³-hybridized carbons (Fsp3) is 0.222. The van der Waals surface area contributed by atoms with Gasteiger partial charge in [-0.05, 0) is 122 Å². The monoisotopic (exact) mass is 1740 g/mol. The molecule has 3 amide bonds. The van der Waals surface area contributed by atoms with Crippen LogP contribution in [0.15, 0.2) is 175 Å². The first-order chi connectivity index (χ1) is 49.5. The SMILES string of the molecule is COS(=O)(=O)c1cc(N=Nc2ccc(S(=O)(=O)CCCOS(=O)(=O)O)cc2)c(NC(C)=O)cc1N.COS(=O)(=O)c1cc(S(=O)(=O)CCCOS(=O)(=O)O)ccc1N=Nc1ccc(Cc2cc(F)nc(F)n2)cc1NC(N)=O.Nc1cc(N)c(S(=O)(=O)[O-])cc1N=Nc1ccc(S(=O)(=O)CCO[S-](=O)=O)cc1.[Na+].[Na+].[OH-]. The van der Waals surface area contributed by atoms with E-state index in [0.717, 1.165) is 56.7 Å². The smallest absolute Gasteiger partial charge is 0.870 e. The van der Waals surface area contributed by atoms with Crippen molar-refractivity contribution >= 4 is 166 Å². The second kappa shape index (κ2) is 42.3. The standard InChI is InChI=1S/C22H22F2N6O10S3.C18H22N4O10S3.C14H15N4O8S3.2Na.H2O/c1-39-42(34,35)19-12-15(41(32,33)8-2-7-40-43(36,37)38)4-6-17(19)30-29-16-5-3-13(10-18(16)27-22(25)31)9-14-11-20(23)28-21(24)26-14;1-12(23)20-16-10-15(19)18(34(26,27)31-2)11-17(16)22-21-13-4-6-14(7-5-13)33(24,25)9-3-8-32-35(28,29)30;15-11-7-12(16)14(29(23,24)25)8-13(11)18-17-9-1-3-10(4-2-9)28(21,22)6-5-26-27(19)20;;;/h3-6,10-12H,2,7-9H2,1H3,(H3,25,27,31)(H,36,37,38);4-7,10-11H,3,8-9,19H2,1-2H3,(H,20,23)(H,28,29,30);1-4,7-8H,5-6,15-16H2,(H,23,24,25);;;1H2/q;;-1;2*+1;/p-2. The third-order valence-corrected chi connectivity index (χ3v) is 23.0. The van der Waals surface area contributed by atoms with Gasteiger partial charge in [0.05, 0.1) is 121 Å². The van der Waals surface area contributed by atoms with Crippen molar-refractivity contribution in [3.63, 3.8) is 0 Å². The van der Waals surface area contributed by atoms with E-state index in [0.29, 0.717) is 5.56 Å². The molecule has 0 radical (unpaired) electrons. The van der Waals surface area contributed by atoms with Crippen molar-refractivity contribution in [2.75, 3.05) is 79.1 Å². The van der Waals surface area contributed by atoms with Crippen molar-refractivity contribution in [3.8, 4) is 0 Å². The van der Waals surface area contributed by atoms with E-state index in [2.05, 4.69) is 72.2 Å². The molecule has 0 spiro atoms. The van der Waals surface area contributed by atoms with Gasteiger partial charge in [0.25, 0.3) is 20.2 Å². The Morgan fingerprint density at radius 1 is 0.518 bits per heavy atom. The third kappa shape index (κ3) is 31.9. The van der Waals surface area contributed by atoms with Crippen LogP contribution >= 0.6 is 0 Å². The number of nitrogen functional groups attached to an aromatic ring is 3. The molecule has 56 heteroatoms. The van der Waals surface area contributed by atoms with Gasteiger partial charge < -0.3 is 56.2 Å². The molecule has 590 valence electrons. The van der Waals surface area contributed by atoms with E-state index in [1.807, 2.05) is 0 Å². The largest absolute Gasteiger partial charge is 1.00 e. The summed E-state index contributed by atoms with van der Waals surface area (Å²) in [4.78, 5) is 27.0. The molecule has 110 heavy (non-hydrogen) atoms. The van der Waals surface area contributed by atoms with Crippen LogP contribution < -0.4 is 92.7 Å². The number of nitrogens with one attached hydrogen (secondary N) is 2. The van der Waals surface area contributed by atoms with Gasteiger partial charge in [-0.25, -0.2) is 51.8 Å². The Kier molecular flexibility index (Phi) is 37.9. The topological polar surface area (TPSA) is 709 Å². The Hall–Kier alpha value is -7.61. The normalized spacial score (nSPS) is 12.2. The quantitative estimate of drug-likeness (QED) is 0.00305. The second-order valence-electron chi connectivity index (χ2n) is 20.6. The molecule has 43 nitrogen and oxygen atoms in total. The van der Waals surface area contributed by atoms with Gasteiger partial charge in [0, 0.05) is 26.0 Å². The van der Waals surface area contributed by atoms with Gasteiger partial charge in [-0.2, -0.15) is 57.7 Å². The zero-order valence-electron chi connectivity index (χ0n) is 57.1. The maximum absolute atomic E-state index is 13.4. The average molecular weight is 1740 g/mol. The number of benzene rings is 6. The van der Waals surface area contributed by atoms with Gasteiger partial charge in [0.15, 0.2) is 29.5 Å². The second-order valence-corrected chi connectivity index (χ2v) is 34.5. The van der Waals surface area contributed by atoms with Crippen LogP contribution in [0.1, 0.15) is 31.0 Å². The number of halogens is 2. The number of rotatable bonds is 32. The molecule has 0 aliphatic rings. The number of nitrogens with two attached hydrogens (primary N) is 4. The van der Waals surface area contributed by atoms with Crippen molar-refractivity contribution in [1.29, 1.82) is 0 Å². The Labute approximate surface area is 672 Å². The van der Waals surface area contributed by atoms with Crippen molar-refractivity contribution in [1.82, 2.24) is 9.97 Å². The summed E-state index contributed by atoms with van der Waals surface area (Å²) in [5.41, 5.74) is 21.9. The number of hydrogen-bond donors (Lipinski definition) is 8. The molecule has 0 aliphatic carbocycles. The summed E-state index contributed by atoms with van der Waals surface area (Å²) >= 11 is 0. The zero-order chi connectivity index (χ0) is 80.3. The van der Waals surface area contributed by atoms with Crippen LogP contribution in [-0.4, -0.2) is 160 Å². The van der Waals surface area contributed by atoms with Crippen LogP contribution in [0.25, 0.3) is 0 Å². The zero-order valence-corrected chi connectivity index (χ0v) is 68.5. The molecular formula is C54H59F2N14Na2O29S9-.